The Morgan fingerprint density at radius 2 is 1.91 bits per heavy atom. The lowest BCUT2D eigenvalue weighted by atomic mass is 10.1. The van der Waals surface area contributed by atoms with E-state index in [1.807, 2.05) is 0 Å². The number of nitro groups is 1. The van der Waals surface area contributed by atoms with Crippen molar-refractivity contribution in [3.63, 3.8) is 0 Å². The zero-order valence-corrected chi connectivity index (χ0v) is 18.6. The van der Waals surface area contributed by atoms with Crippen LogP contribution in [0.2, 0.25) is 0 Å². The Kier molecular flexibility index (Phi) is 6.86. The molecular weight excluding hydrogens is 454 g/mol. The molecule has 2 aromatic carbocycles. The fourth-order valence-electron chi connectivity index (χ4n) is 3.24. The molecular formula is C24H21N5O6. The molecule has 2 heterocycles. The van der Waals surface area contributed by atoms with E-state index in [2.05, 4.69) is 15.7 Å². The van der Waals surface area contributed by atoms with Crippen LogP contribution in [-0.4, -0.2) is 26.5 Å². The standard InChI is InChI=1S/C24H21N5O6/c1-28-14-21(22(27-28)24(31)25-13-20-6-3-11-34-20)26-23(30)17-5-2-4-16(12-17)15-35-19-9-7-18(8-10-19)29(32)33/h2-12,14H,13,15H2,1H3,(H,25,31)(H,26,30). The van der Waals surface area contributed by atoms with Crippen molar-refractivity contribution in [2.24, 2.45) is 7.05 Å². The zero-order chi connectivity index (χ0) is 24.8. The first-order valence-electron chi connectivity index (χ1n) is 10.5. The number of anilines is 1. The van der Waals surface area contributed by atoms with E-state index in [1.165, 1.54) is 35.2 Å². The molecule has 0 saturated heterocycles. The number of carbonyl (C=O) groups is 2. The molecule has 0 aliphatic carbocycles. The first-order valence-corrected chi connectivity index (χ1v) is 10.5. The number of hydrogen-bond acceptors (Lipinski definition) is 7. The third-order valence-electron chi connectivity index (χ3n) is 4.94. The smallest absolute Gasteiger partial charge is 0.274 e. The van der Waals surface area contributed by atoms with Crippen molar-refractivity contribution in [2.45, 2.75) is 13.2 Å². The molecule has 0 spiro atoms. The van der Waals surface area contributed by atoms with Gasteiger partial charge in [-0.25, -0.2) is 0 Å². The van der Waals surface area contributed by atoms with Crippen molar-refractivity contribution in [3.8, 4) is 5.75 Å². The van der Waals surface area contributed by atoms with Crippen molar-refractivity contribution in [3.05, 3.63) is 106 Å². The third kappa shape index (κ3) is 5.90. The molecule has 0 atom stereocenters. The minimum atomic E-state index is -0.484. The zero-order valence-electron chi connectivity index (χ0n) is 18.6. The number of rotatable bonds is 9. The number of aryl methyl sites for hydroxylation is 1. The van der Waals surface area contributed by atoms with Gasteiger partial charge in [0.05, 0.1) is 23.4 Å². The average Bonchev–Trinajstić information content (AvgIpc) is 3.51. The van der Waals surface area contributed by atoms with Crippen LogP contribution < -0.4 is 15.4 Å². The van der Waals surface area contributed by atoms with Crippen LogP contribution in [0.1, 0.15) is 32.2 Å². The number of furan rings is 1. The summed E-state index contributed by atoms with van der Waals surface area (Å²) in [7, 11) is 1.65. The van der Waals surface area contributed by atoms with E-state index in [0.29, 0.717) is 17.1 Å². The van der Waals surface area contributed by atoms with Gasteiger partial charge in [-0.05, 0) is 42.0 Å². The van der Waals surface area contributed by atoms with Gasteiger partial charge in [-0.2, -0.15) is 5.10 Å². The molecule has 2 aromatic heterocycles. The Hall–Kier alpha value is -4.93. The van der Waals surface area contributed by atoms with Crippen molar-refractivity contribution in [1.82, 2.24) is 15.1 Å². The van der Waals surface area contributed by atoms with Gasteiger partial charge in [-0.3, -0.25) is 24.4 Å². The minimum absolute atomic E-state index is 0.0274. The Bertz CT molecular complexity index is 1350. The quantitative estimate of drug-likeness (QED) is 0.278. The van der Waals surface area contributed by atoms with Gasteiger partial charge in [0, 0.05) is 30.9 Å². The first-order chi connectivity index (χ1) is 16.9. The maximum Gasteiger partial charge on any atom is 0.274 e. The number of nitrogens with one attached hydrogen (secondary N) is 2. The monoisotopic (exact) mass is 475 g/mol. The summed E-state index contributed by atoms with van der Waals surface area (Å²) in [5.41, 5.74) is 1.40. The summed E-state index contributed by atoms with van der Waals surface area (Å²) in [5.74, 6) is 0.177. The molecule has 0 saturated carbocycles. The second-order valence-corrected chi connectivity index (χ2v) is 7.52. The number of benzene rings is 2. The Morgan fingerprint density at radius 3 is 2.63 bits per heavy atom. The topological polar surface area (TPSA) is 142 Å². The van der Waals surface area contributed by atoms with E-state index in [9.17, 15) is 19.7 Å². The van der Waals surface area contributed by atoms with Crippen LogP contribution in [0.3, 0.4) is 0 Å². The van der Waals surface area contributed by atoms with Gasteiger partial charge in [0.1, 0.15) is 18.1 Å². The summed E-state index contributed by atoms with van der Waals surface area (Å²) in [6.45, 7) is 0.346. The Morgan fingerprint density at radius 1 is 1.11 bits per heavy atom. The molecule has 0 aliphatic rings. The van der Waals surface area contributed by atoms with Gasteiger partial charge in [-0.15, -0.1) is 0 Å². The number of aromatic nitrogens is 2. The SMILES string of the molecule is Cn1cc(NC(=O)c2cccc(COc3ccc([N+](=O)[O-])cc3)c2)c(C(=O)NCc2ccco2)n1. The van der Waals surface area contributed by atoms with E-state index < -0.39 is 16.7 Å². The highest BCUT2D eigenvalue weighted by molar-refractivity contribution is 6.08. The van der Waals surface area contributed by atoms with E-state index in [-0.39, 0.29) is 30.2 Å². The highest BCUT2D eigenvalue weighted by atomic mass is 16.6. The normalized spacial score (nSPS) is 10.5. The summed E-state index contributed by atoms with van der Waals surface area (Å²) in [5, 5.41) is 20.3. The summed E-state index contributed by atoms with van der Waals surface area (Å²) in [4.78, 5) is 35.7. The van der Waals surface area contributed by atoms with E-state index in [4.69, 9.17) is 9.15 Å². The summed E-state index contributed by atoms with van der Waals surface area (Å²) in [6.07, 6.45) is 3.06. The summed E-state index contributed by atoms with van der Waals surface area (Å²) in [6, 6.07) is 16.0. The van der Waals surface area contributed by atoms with Gasteiger partial charge in [0.25, 0.3) is 17.5 Å². The molecule has 0 bridgehead atoms. The van der Waals surface area contributed by atoms with E-state index in [0.717, 1.165) is 5.56 Å². The van der Waals surface area contributed by atoms with E-state index >= 15 is 0 Å². The molecule has 4 aromatic rings. The molecule has 0 aliphatic heterocycles. The van der Waals surface area contributed by atoms with Crippen molar-refractivity contribution in [2.75, 3.05) is 5.32 Å². The predicted octanol–water partition coefficient (Wildman–Crippen LogP) is 3.68. The number of amides is 2. The molecule has 35 heavy (non-hydrogen) atoms. The second-order valence-electron chi connectivity index (χ2n) is 7.52. The summed E-state index contributed by atoms with van der Waals surface area (Å²) >= 11 is 0. The molecule has 0 fully saturated rings. The van der Waals surface area contributed by atoms with Crippen LogP contribution in [0.4, 0.5) is 11.4 Å². The van der Waals surface area contributed by atoms with Gasteiger partial charge >= 0.3 is 0 Å². The van der Waals surface area contributed by atoms with Crippen LogP contribution in [0.25, 0.3) is 0 Å². The fraction of sp³-hybridized carbons (Fsp3) is 0.125. The molecule has 11 heteroatoms. The number of nitro benzene ring substituents is 1. The molecule has 2 amide bonds. The van der Waals surface area contributed by atoms with E-state index in [1.54, 1.807) is 49.6 Å². The summed E-state index contributed by atoms with van der Waals surface area (Å²) < 4.78 is 12.3. The van der Waals surface area contributed by atoms with Gasteiger partial charge in [0.15, 0.2) is 5.69 Å². The first kappa shape index (κ1) is 23.2. The fourth-order valence-corrected chi connectivity index (χ4v) is 3.24. The van der Waals surface area contributed by atoms with Crippen molar-refractivity contribution in [1.29, 1.82) is 0 Å². The van der Waals surface area contributed by atoms with Gasteiger partial charge in [0.2, 0.25) is 0 Å². The van der Waals surface area contributed by atoms with Crippen LogP contribution in [0.15, 0.2) is 77.5 Å². The number of hydrogen-bond donors (Lipinski definition) is 2. The molecule has 178 valence electrons. The third-order valence-corrected chi connectivity index (χ3v) is 4.94. The van der Waals surface area contributed by atoms with Crippen LogP contribution in [-0.2, 0) is 20.2 Å². The molecule has 2 N–H and O–H groups in total. The number of ether oxygens (including phenoxy) is 1. The minimum Gasteiger partial charge on any atom is -0.489 e. The number of carbonyl (C=O) groups excluding carboxylic acids is 2. The van der Waals surface area contributed by atoms with Crippen LogP contribution in [0.5, 0.6) is 5.75 Å². The largest absolute Gasteiger partial charge is 0.489 e. The Labute approximate surface area is 199 Å². The lowest BCUT2D eigenvalue weighted by Gasteiger charge is -2.09. The van der Waals surface area contributed by atoms with Crippen LogP contribution in [0, 0.1) is 10.1 Å². The number of nitrogens with zero attached hydrogens (tertiary/aromatic N) is 3. The lowest BCUT2D eigenvalue weighted by molar-refractivity contribution is -0.384. The Balaban J connectivity index is 1.40. The molecule has 0 radical (unpaired) electrons. The highest BCUT2D eigenvalue weighted by Crippen LogP contribution is 2.19. The van der Waals surface area contributed by atoms with Gasteiger partial charge < -0.3 is 19.8 Å². The average molecular weight is 475 g/mol. The lowest BCUT2D eigenvalue weighted by Crippen LogP contribution is -2.25. The molecule has 4 rings (SSSR count). The molecule has 0 unspecified atom stereocenters. The van der Waals surface area contributed by atoms with Crippen LogP contribution >= 0.6 is 0 Å². The maximum absolute atomic E-state index is 12.9. The molecule has 11 nitrogen and oxygen atoms in total. The second kappa shape index (κ2) is 10.3. The van der Waals surface area contributed by atoms with Gasteiger partial charge in [-0.1, -0.05) is 12.1 Å². The maximum atomic E-state index is 12.9. The number of non-ortho nitro benzene ring substituents is 1. The predicted molar refractivity (Wildman–Crippen MR) is 125 cm³/mol. The highest BCUT2D eigenvalue weighted by Gasteiger charge is 2.19. The van der Waals surface area contributed by atoms with Crippen molar-refractivity contribution < 1.29 is 23.7 Å². The van der Waals surface area contributed by atoms with Crippen molar-refractivity contribution >= 4 is 23.2 Å².